The number of nitrogens with two attached hydrogens (primary N) is 1. The number of nitrogens with zero attached hydrogens (tertiary/aromatic N) is 1. The average Bonchev–Trinajstić information content (AvgIpc) is 2.86. The molecule has 1 unspecified atom stereocenters. The Bertz CT molecular complexity index is 380. The summed E-state index contributed by atoms with van der Waals surface area (Å²) in [7, 11) is 1.56. The van der Waals surface area contributed by atoms with Crippen molar-refractivity contribution in [2.24, 2.45) is 5.73 Å². The van der Waals surface area contributed by atoms with Gasteiger partial charge in [0.25, 0.3) is 0 Å². The van der Waals surface area contributed by atoms with Crippen LogP contribution in [0.1, 0.15) is 23.4 Å². The van der Waals surface area contributed by atoms with Gasteiger partial charge in [-0.2, -0.15) is 0 Å². The van der Waals surface area contributed by atoms with Gasteiger partial charge in [0.15, 0.2) is 5.13 Å². The third-order valence-corrected chi connectivity index (χ3v) is 3.92. The molecule has 0 saturated carbocycles. The molecule has 1 aromatic heterocycles. The van der Waals surface area contributed by atoms with E-state index in [9.17, 15) is 4.79 Å². The minimum Gasteiger partial charge on any atom is -0.380 e. The summed E-state index contributed by atoms with van der Waals surface area (Å²) in [6.45, 7) is 0.346. The number of carbonyl (C=O) groups excluding carboxylic acids is 1. The molecule has 1 heterocycles. The molecule has 1 aromatic rings. The van der Waals surface area contributed by atoms with Crippen LogP contribution in [-0.4, -0.2) is 30.6 Å². The Hall–Kier alpha value is -0.980. The van der Waals surface area contributed by atoms with Crippen LogP contribution < -0.4 is 11.1 Å². The van der Waals surface area contributed by atoms with E-state index < -0.39 is 0 Å². The summed E-state index contributed by atoms with van der Waals surface area (Å²) in [6.07, 6.45) is 3.36. The summed E-state index contributed by atoms with van der Waals surface area (Å²) in [5, 5.41) is 3.50. The van der Waals surface area contributed by atoms with E-state index in [1.807, 2.05) is 0 Å². The molecule has 0 fully saturated rings. The van der Waals surface area contributed by atoms with E-state index in [0.717, 1.165) is 18.5 Å². The number of fused-ring (bicyclic) bond motifs is 1. The Balaban J connectivity index is 1.89. The van der Waals surface area contributed by atoms with Gasteiger partial charge in [-0.1, -0.05) is 0 Å². The monoisotopic (exact) mass is 255 g/mol. The zero-order valence-electron chi connectivity index (χ0n) is 9.86. The fraction of sp³-hybridized carbons (Fsp3) is 0.636. The molecule has 2 rings (SSSR count). The van der Waals surface area contributed by atoms with Crippen LogP contribution in [0.4, 0.5) is 5.13 Å². The van der Waals surface area contributed by atoms with Gasteiger partial charge in [-0.05, 0) is 19.3 Å². The molecule has 94 valence electrons. The lowest BCUT2D eigenvalue weighted by Gasteiger charge is -2.11. The van der Waals surface area contributed by atoms with E-state index >= 15 is 0 Å². The molecule has 0 radical (unpaired) electrons. The molecule has 3 N–H and O–H groups in total. The maximum Gasteiger partial charge on any atom is 0.228 e. The van der Waals surface area contributed by atoms with Gasteiger partial charge in [0.2, 0.25) is 5.91 Å². The fourth-order valence-corrected chi connectivity index (χ4v) is 2.95. The second-order valence-corrected chi connectivity index (χ2v) is 5.17. The van der Waals surface area contributed by atoms with Crippen molar-refractivity contribution in [3.63, 3.8) is 0 Å². The van der Waals surface area contributed by atoms with Gasteiger partial charge in [-0.3, -0.25) is 4.79 Å². The van der Waals surface area contributed by atoms with Crippen LogP contribution in [0.25, 0.3) is 0 Å². The molecule has 1 aliphatic rings. The molecule has 1 amide bonds. The lowest BCUT2D eigenvalue weighted by Crippen LogP contribution is -2.28. The minimum atomic E-state index is -0.221. The number of nitrogens with one attached hydrogen (secondary N) is 1. The van der Waals surface area contributed by atoms with Crippen LogP contribution in [-0.2, 0) is 22.4 Å². The number of amides is 1. The van der Waals surface area contributed by atoms with E-state index in [1.165, 1.54) is 11.3 Å². The molecule has 0 bridgehead atoms. The zero-order valence-corrected chi connectivity index (χ0v) is 10.7. The first-order valence-corrected chi connectivity index (χ1v) is 6.56. The molecule has 17 heavy (non-hydrogen) atoms. The summed E-state index contributed by atoms with van der Waals surface area (Å²) in [5.41, 5.74) is 6.61. The molecule has 0 spiro atoms. The molecule has 0 aromatic carbocycles. The number of aryl methyl sites for hydroxylation is 2. The van der Waals surface area contributed by atoms with E-state index in [0.29, 0.717) is 11.7 Å². The lowest BCUT2D eigenvalue weighted by molar-refractivity contribution is -0.118. The van der Waals surface area contributed by atoms with Crippen molar-refractivity contribution in [2.75, 3.05) is 19.0 Å². The van der Waals surface area contributed by atoms with Gasteiger partial charge < -0.3 is 15.8 Å². The average molecular weight is 255 g/mol. The molecule has 6 heteroatoms. The number of anilines is 1. The summed E-state index contributed by atoms with van der Waals surface area (Å²) < 4.78 is 5.07. The highest BCUT2D eigenvalue weighted by molar-refractivity contribution is 7.15. The second-order valence-electron chi connectivity index (χ2n) is 4.09. The van der Waals surface area contributed by atoms with Crippen LogP contribution in [0.5, 0.6) is 0 Å². The Morgan fingerprint density at radius 3 is 3.12 bits per heavy atom. The Kier molecular flexibility index (Phi) is 4.09. The van der Waals surface area contributed by atoms with Crippen molar-refractivity contribution in [3.8, 4) is 0 Å². The van der Waals surface area contributed by atoms with Crippen LogP contribution in [0.3, 0.4) is 0 Å². The normalized spacial score (nSPS) is 15.6. The van der Waals surface area contributed by atoms with Gasteiger partial charge in [0, 0.05) is 18.5 Å². The number of ether oxygens (including phenoxy) is 1. The number of rotatable bonds is 5. The van der Waals surface area contributed by atoms with Crippen molar-refractivity contribution in [1.82, 2.24) is 4.98 Å². The minimum absolute atomic E-state index is 0.0882. The summed E-state index contributed by atoms with van der Waals surface area (Å²) in [5.74, 6) is -0.0882. The first kappa shape index (κ1) is 12.5. The van der Waals surface area contributed by atoms with Gasteiger partial charge in [-0.25, -0.2) is 4.98 Å². The Morgan fingerprint density at radius 2 is 2.47 bits per heavy atom. The number of aromatic nitrogens is 1. The molecule has 0 saturated heterocycles. The summed E-state index contributed by atoms with van der Waals surface area (Å²) in [4.78, 5) is 17.4. The predicted molar refractivity (Wildman–Crippen MR) is 67.2 cm³/mol. The van der Waals surface area contributed by atoms with Crippen molar-refractivity contribution < 1.29 is 9.53 Å². The third-order valence-electron chi connectivity index (χ3n) is 2.85. The third kappa shape index (κ3) is 3.02. The van der Waals surface area contributed by atoms with Gasteiger partial charge >= 0.3 is 0 Å². The number of hydrogen-bond donors (Lipinski definition) is 2. The van der Waals surface area contributed by atoms with E-state index in [2.05, 4.69) is 10.3 Å². The van der Waals surface area contributed by atoms with Crippen molar-refractivity contribution >= 4 is 22.4 Å². The SMILES string of the molecule is COC(CN)CC(=O)Nc1nc2c(s1)CCC2. The molecule has 1 atom stereocenters. The van der Waals surface area contributed by atoms with E-state index in [-0.39, 0.29) is 18.4 Å². The van der Waals surface area contributed by atoms with Crippen molar-refractivity contribution in [1.29, 1.82) is 0 Å². The summed E-state index contributed by atoms with van der Waals surface area (Å²) >= 11 is 1.58. The molecule has 0 aliphatic heterocycles. The van der Waals surface area contributed by atoms with Crippen molar-refractivity contribution in [2.45, 2.75) is 31.8 Å². The van der Waals surface area contributed by atoms with Crippen LogP contribution in [0, 0.1) is 0 Å². The Labute approximate surface area is 104 Å². The molecule has 1 aliphatic carbocycles. The van der Waals surface area contributed by atoms with E-state index in [4.69, 9.17) is 10.5 Å². The maximum absolute atomic E-state index is 11.7. The fourth-order valence-electron chi connectivity index (χ4n) is 1.88. The van der Waals surface area contributed by atoms with Crippen LogP contribution in [0.2, 0.25) is 0 Å². The smallest absolute Gasteiger partial charge is 0.228 e. The highest BCUT2D eigenvalue weighted by Gasteiger charge is 2.18. The van der Waals surface area contributed by atoms with Crippen LogP contribution in [0.15, 0.2) is 0 Å². The van der Waals surface area contributed by atoms with E-state index in [1.54, 1.807) is 18.4 Å². The van der Waals surface area contributed by atoms with Gasteiger partial charge in [-0.15, -0.1) is 11.3 Å². The molecular formula is C11H17N3O2S. The molecule has 5 nitrogen and oxygen atoms in total. The summed E-state index contributed by atoms with van der Waals surface area (Å²) in [6, 6.07) is 0. The quantitative estimate of drug-likeness (QED) is 0.820. The first-order chi connectivity index (χ1) is 8.22. The number of thiazole rings is 1. The lowest BCUT2D eigenvalue weighted by atomic mass is 10.2. The Morgan fingerprint density at radius 1 is 1.65 bits per heavy atom. The van der Waals surface area contributed by atoms with Gasteiger partial charge in [0.05, 0.1) is 18.2 Å². The standard InChI is InChI=1S/C11H17N3O2S/c1-16-7(6-12)5-10(15)14-11-13-8-3-2-4-9(8)17-11/h7H,2-6,12H2,1H3,(H,13,14,15). The topological polar surface area (TPSA) is 77.2 Å². The maximum atomic E-state index is 11.7. The number of hydrogen-bond acceptors (Lipinski definition) is 5. The van der Waals surface area contributed by atoms with Gasteiger partial charge in [0.1, 0.15) is 0 Å². The van der Waals surface area contributed by atoms with Crippen molar-refractivity contribution in [3.05, 3.63) is 10.6 Å². The highest BCUT2D eigenvalue weighted by atomic mass is 32.1. The highest BCUT2D eigenvalue weighted by Crippen LogP contribution is 2.30. The predicted octanol–water partition coefficient (Wildman–Crippen LogP) is 0.934. The second kappa shape index (κ2) is 5.57. The molecular weight excluding hydrogens is 238 g/mol. The number of methoxy groups -OCH3 is 1. The van der Waals surface area contributed by atoms with Crippen LogP contribution >= 0.6 is 11.3 Å². The zero-order chi connectivity index (χ0) is 12.3. The number of carbonyl (C=O) groups is 1. The first-order valence-electron chi connectivity index (χ1n) is 5.74. The largest absolute Gasteiger partial charge is 0.380 e.